The zero-order chi connectivity index (χ0) is 17.7. The van der Waals surface area contributed by atoms with Crippen molar-refractivity contribution in [3.05, 3.63) is 23.3 Å². The van der Waals surface area contributed by atoms with Crippen LogP contribution in [0.5, 0.6) is 0 Å². The van der Waals surface area contributed by atoms with Crippen LogP contribution >= 0.6 is 0 Å². The van der Waals surface area contributed by atoms with E-state index in [-0.39, 0.29) is 6.08 Å². The topological polar surface area (TPSA) is 74.6 Å². The van der Waals surface area contributed by atoms with Gasteiger partial charge < -0.3 is 10.2 Å². The lowest BCUT2D eigenvalue weighted by Crippen LogP contribution is -2.60. The summed E-state index contributed by atoms with van der Waals surface area (Å²) in [6.45, 7) is 0.621. The van der Waals surface area contributed by atoms with Crippen molar-refractivity contribution in [1.82, 2.24) is 0 Å². The molecule has 0 aromatic carbocycles. The summed E-state index contributed by atoms with van der Waals surface area (Å²) in [4.78, 5) is 21.0. The van der Waals surface area contributed by atoms with Gasteiger partial charge >= 0.3 is 23.8 Å². The molecule has 2 atom stereocenters. The van der Waals surface area contributed by atoms with Gasteiger partial charge in [0.05, 0.1) is 0 Å². The van der Waals surface area contributed by atoms with Crippen molar-refractivity contribution in [3.63, 3.8) is 0 Å². The Bertz CT molecular complexity index is 595. The second-order valence-electron chi connectivity index (χ2n) is 4.50. The van der Waals surface area contributed by atoms with Crippen molar-refractivity contribution < 1.29 is 50.5 Å². The van der Waals surface area contributed by atoms with Gasteiger partial charge in [0.2, 0.25) is 5.67 Å². The highest BCUT2D eigenvalue weighted by molar-refractivity contribution is 5.83. The molecule has 0 amide bonds. The Morgan fingerprint density at radius 2 is 1.64 bits per heavy atom. The standard InChI is InChI=1S/C11H7F7O4/c1-3-2-9(14,7(19)20)6(5(13)4(3)12)10(15,16)11(17,18)8(21)22/h2,6H,1H3,(H,19,20)(H,21,22). The van der Waals surface area contributed by atoms with Gasteiger partial charge in [-0.15, -0.1) is 0 Å². The maximum absolute atomic E-state index is 14.2. The third-order valence-electron chi connectivity index (χ3n) is 3.03. The summed E-state index contributed by atoms with van der Waals surface area (Å²) in [6, 6.07) is 0. The van der Waals surface area contributed by atoms with Crippen LogP contribution in [0.2, 0.25) is 0 Å². The first-order valence-electron chi connectivity index (χ1n) is 5.37. The van der Waals surface area contributed by atoms with Crippen LogP contribution in [0.25, 0.3) is 0 Å². The average Bonchev–Trinajstić information content (AvgIpc) is 2.35. The lowest BCUT2D eigenvalue weighted by atomic mass is 9.76. The molecule has 124 valence electrons. The van der Waals surface area contributed by atoms with E-state index in [0.717, 1.165) is 0 Å². The fourth-order valence-corrected chi connectivity index (χ4v) is 1.89. The summed E-state index contributed by atoms with van der Waals surface area (Å²) < 4.78 is 94.5. The third kappa shape index (κ3) is 2.24. The summed E-state index contributed by atoms with van der Waals surface area (Å²) in [5.74, 6) is -27.5. The van der Waals surface area contributed by atoms with Gasteiger partial charge in [-0.05, 0) is 18.6 Å². The highest BCUT2D eigenvalue weighted by Gasteiger charge is 2.74. The van der Waals surface area contributed by atoms with E-state index in [2.05, 4.69) is 0 Å². The first-order valence-corrected chi connectivity index (χ1v) is 5.37. The van der Waals surface area contributed by atoms with Gasteiger partial charge in [-0.2, -0.15) is 17.6 Å². The van der Waals surface area contributed by atoms with E-state index < -0.39 is 52.6 Å². The molecule has 1 aliphatic carbocycles. The predicted octanol–water partition coefficient (Wildman–Crippen LogP) is 2.86. The fraction of sp³-hybridized carbons (Fsp3) is 0.455. The molecule has 4 nitrogen and oxygen atoms in total. The first kappa shape index (κ1) is 18.0. The fourth-order valence-electron chi connectivity index (χ4n) is 1.89. The molecule has 0 aromatic heterocycles. The van der Waals surface area contributed by atoms with Crippen LogP contribution in [0.1, 0.15) is 6.92 Å². The van der Waals surface area contributed by atoms with E-state index in [9.17, 15) is 40.3 Å². The van der Waals surface area contributed by atoms with Gasteiger partial charge in [-0.25, -0.2) is 22.8 Å². The van der Waals surface area contributed by atoms with Crippen molar-refractivity contribution >= 4 is 11.9 Å². The van der Waals surface area contributed by atoms with Gasteiger partial charge in [-0.3, -0.25) is 0 Å². The monoisotopic (exact) mass is 336 g/mol. The highest BCUT2D eigenvalue weighted by atomic mass is 19.3. The number of aliphatic carboxylic acids is 2. The molecular formula is C11H7F7O4. The Morgan fingerprint density at radius 1 is 1.18 bits per heavy atom. The molecule has 1 aliphatic rings. The molecule has 0 aliphatic heterocycles. The lowest BCUT2D eigenvalue weighted by molar-refractivity contribution is -0.252. The van der Waals surface area contributed by atoms with Crippen molar-refractivity contribution in [1.29, 1.82) is 0 Å². The molecule has 0 bridgehead atoms. The minimum Gasteiger partial charge on any atom is -0.479 e. The number of carboxylic acids is 2. The van der Waals surface area contributed by atoms with E-state index >= 15 is 0 Å². The quantitative estimate of drug-likeness (QED) is 0.774. The van der Waals surface area contributed by atoms with E-state index in [1.807, 2.05) is 0 Å². The zero-order valence-corrected chi connectivity index (χ0v) is 10.5. The maximum atomic E-state index is 14.2. The van der Waals surface area contributed by atoms with Gasteiger partial charge in [0.15, 0.2) is 5.83 Å². The lowest BCUT2D eigenvalue weighted by Gasteiger charge is -2.37. The average molecular weight is 336 g/mol. The Hall–Kier alpha value is -2.07. The molecule has 0 heterocycles. The van der Waals surface area contributed by atoms with Crippen LogP contribution in [-0.2, 0) is 9.59 Å². The van der Waals surface area contributed by atoms with Crippen molar-refractivity contribution in [2.75, 3.05) is 0 Å². The van der Waals surface area contributed by atoms with Gasteiger partial charge in [-0.1, -0.05) is 0 Å². The number of allylic oxidation sites excluding steroid dienone is 3. The molecule has 11 heteroatoms. The predicted molar refractivity (Wildman–Crippen MR) is 55.5 cm³/mol. The normalized spacial score (nSPS) is 26.7. The van der Waals surface area contributed by atoms with E-state index in [4.69, 9.17) is 10.2 Å². The van der Waals surface area contributed by atoms with Crippen molar-refractivity contribution in [2.45, 2.75) is 24.4 Å². The minimum atomic E-state index is -6.06. The van der Waals surface area contributed by atoms with Crippen LogP contribution in [0.15, 0.2) is 23.3 Å². The molecule has 1 rings (SSSR count). The zero-order valence-electron chi connectivity index (χ0n) is 10.5. The van der Waals surface area contributed by atoms with Crippen LogP contribution in [-0.4, -0.2) is 39.7 Å². The van der Waals surface area contributed by atoms with Gasteiger partial charge in [0.25, 0.3) is 0 Å². The van der Waals surface area contributed by atoms with Crippen molar-refractivity contribution in [3.8, 4) is 0 Å². The minimum absolute atomic E-state index is 0.315. The molecule has 0 fully saturated rings. The van der Waals surface area contributed by atoms with Crippen LogP contribution in [0, 0.1) is 5.92 Å². The van der Waals surface area contributed by atoms with Crippen LogP contribution < -0.4 is 0 Å². The molecule has 2 unspecified atom stereocenters. The smallest absolute Gasteiger partial charge is 0.405 e. The summed E-state index contributed by atoms with van der Waals surface area (Å²) in [5.41, 5.74) is -5.51. The molecule has 0 aromatic rings. The maximum Gasteiger partial charge on any atom is 0.405 e. The molecule has 0 saturated heterocycles. The van der Waals surface area contributed by atoms with Crippen LogP contribution in [0.3, 0.4) is 0 Å². The summed E-state index contributed by atoms with van der Waals surface area (Å²) in [7, 11) is 0. The van der Waals surface area contributed by atoms with Crippen molar-refractivity contribution in [2.24, 2.45) is 5.92 Å². The number of carboxylic acid groups (broad SMARTS) is 2. The number of carbonyl (C=O) groups is 2. The molecule has 22 heavy (non-hydrogen) atoms. The Morgan fingerprint density at radius 3 is 2.00 bits per heavy atom. The number of alkyl halides is 5. The summed E-state index contributed by atoms with van der Waals surface area (Å²) in [5, 5.41) is 16.7. The first-order chi connectivity index (χ1) is 9.71. The Labute approximate surface area is 117 Å². The molecule has 2 N–H and O–H groups in total. The highest BCUT2D eigenvalue weighted by Crippen LogP contribution is 2.53. The second-order valence-corrected chi connectivity index (χ2v) is 4.50. The number of rotatable bonds is 4. The van der Waals surface area contributed by atoms with Gasteiger partial charge in [0.1, 0.15) is 11.7 Å². The van der Waals surface area contributed by atoms with Crippen LogP contribution in [0.4, 0.5) is 30.7 Å². The summed E-state index contributed by atoms with van der Waals surface area (Å²) >= 11 is 0. The van der Waals surface area contributed by atoms with Gasteiger partial charge in [0, 0.05) is 0 Å². The second kappa shape index (κ2) is 4.99. The molecule has 0 saturated carbocycles. The largest absolute Gasteiger partial charge is 0.479 e. The third-order valence-corrected chi connectivity index (χ3v) is 3.03. The molecule has 0 spiro atoms. The molecular weight excluding hydrogens is 329 g/mol. The summed E-state index contributed by atoms with van der Waals surface area (Å²) in [6.07, 6.45) is -0.315. The van der Waals surface area contributed by atoms with E-state index in [1.165, 1.54) is 0 Å². The number of hydrogen-bond acceptors (Lipinski definition) is 2. The number of hydrogen-bond donors (Lipinski definition) is 2. The Kier molecular flexibility index (Phi) is 4.08. The van der Waals surface area contributed by atoms with E-state index in [0.29, 0.717) is 6.92 Å². The SMILES string of the molecule is CC1=CC(F)(C(=O)O)C(C(F)(F)C(F)(F)C(=O)O)C(F)=C1F. The molecule has 0 radical (unpaired) electrons. The number of halogens is 7. The van der Waals surface area contributed by atoms with E-state index in [1.54, 1.807) is 0 Å². The Balaban J connectivity index is 3.67.